The summed E-state index contributed by atoms with van der Waals surface area (Å²) >= 11 is 0. The van der Waals surface area contributed by atoms with E-state index in [9.17, 15) is 18.3 Å². The number of aliphatic hydroxyl groups is 2. The maximum atomic E-state index is 13.9. The highest BCUT2D eigenvalue weighted by Crippen LogP contribution is 2.37. The van der Waals surface area contributed by atoms with E-state index in [-0.39, 0.29) is 16.6 Å². The van der Waals surface area contributed by atoms with Gasteiger partial charge in [-0.1, -0.05) is 57.2 Å². The minimum atomic E-state index is -3.87. The van der Waals surface area contributed by atoms with E-state index in [0.717, 1.165) is 23.2 Å². The lowest BCUT2D eigenvalue weighted by molar-refractivity contribution is 0.0903. The second-order valence-corrected chi connectivity index (χ2v) is 12.0. The summed E-state index contributed by atoms with van der Waals surface area (Å²) in [5, 5.41) is 19.9. The topological polar surface area (TPSA) is 98.2 Å². The predicted molar refractivity (Wildman–Crippen MR) is 150 cm³/mol. The lowest BCUT2D eigenvalue weighted by Crippen LogP contribution is -2.35. The number of carbonyl (C=O) groups excluding carboxylic acids is 1. The van der Waals surface area contributed by atoms with E-state index < -0.39 is 22.7 Å². The second kappa shape index (κ2) is 11.7. The monoisotopic (exact) mass is 536 g/mol. The molecule has 0 fully saturated rings. The molecule has 202 valence electrons. The Kier molecular flexibility index (Phi) is 8.55. The van der Waals surface area contributed by atoms with Crippen LogP contribution in [0, 0.1) is 5.92 Å². The van der Waals surface area contributed by atoms with Crippen molar-refractivity contribution in [2.24, 2.45) is 5.92 Å². The summed E-state index contributed by atoms with van der Waals surface area (Å²) in [4.78, 5) is 14.0. The lowest BCUT2D eigenvalue weighted by Gasteiger charge is -2.35. The fraction of sp³-hybridized carbons (Fsp3) is 0.367. The van der Waals surface area contributed by atoms with E-state index in [1.807, 2.05) is 50.2 Å². The third kappa shape index (κ3) is 5.93. The molecule has 0 radical (unpaired) electrons. The van der Waals surface area contributed by atoms with Crippen molar-refractivity contribution in [1.82, 2.24) is 0 Å². The number of benzene rings is 3. The van der Waals surface area contributed by atoms with Crippen LogP contribution in [0.3, 0.4) is 0 Å². The number of hydrogen-bond acceptors (Lipinski definition) is 6. The maximum absolute atomic E-state index is 13.9. The highest BCUT2D eigenvalue weighted by Gasteiger charge is 2.30. The first kappa shape index (κ1) is 27.8. The number of fused-ring (bicyclic) bond motifs is 1. The van der Waals surface area contributed by atoms with Crippen LogP contribution in [0.1, 0.15) is 60.3 Å². The van der Waals surface area contributed by atoms with Crippen molar-refractivity contribution in [3.05, 3.63) is 89.0 Å². The number of rotatable bonds is 10. The molecule has 8 heteroatoms. The van der Waals surface area contributed by atoms with Crippen molar-refractivity contribution in [2.45, 2.75) is 51.2 Å². The van der Waals surface area contributed by atoms with Gasteiger partial charge >= 0.3 is 0 Å². The van der Waals surface area contributed by atoms with Gasteiger partial charge in [-0.05, 0) is 60.2 Å². The van der Waals surface area contributed by atoms with Crippen LogP contribution in [0.15, 0.2) is 71.6 Å². The number of Topliss-reactive ketones (excluding diaryl/α,β-unsaturated/α-hetero) is 1. The normalized spacial score (nSPS) is 15.4. The summed E-state index contributed by atoms with van der Waals surface area (Å²) in [7, 11) is -3.87. The molecule has 1 unspecified atom stereocenters. The Morgan fingerprint density at radius 3 is 2.29 bits per heavy atom. The largest absolute Gasteiger partial charge is 0.388 e. The average molecular weight is 537 g/mol. The Bertz CT molecular complexity index is 1370. The van der Waals surface area contributed by atoms with Gasteiger partial charge in [0.25, 0.3) is 10.0 Å². The molecule has 0 aromatic heterocycles. The molecule has 38 heavy (non-hydrogen) atoms. The predicted octanol–water partition coefficient (Wildman–Crippen LogP) is 4.72. The van der Waals surface area contributed by atoms with Gasteiger partial charge in [-0.2, -0.15) is 0 Å². The molecule has 2 N–H and O–H groups in total. The number of nitrogens with zero attached hydrogens (tertiary/aromatic N) is 2. The lowest BCUT2D eigenvalue weighted by atomic mass is 9.98. The summed E-state index contributed by atoms with van der Waals surface area (Å²) in [5.74, 6) is -0.210. The van der Waals surface area contributed by atoms with Crippen molar-refractivity contribution in [3.8, 4) is 0 Å². The number of aliphatic hydroxyl groups excluding tert-OH is 2. The maximum Gasteiger partial charge on any atom is 0.264 e. The molecule has 1 aliphatic heterocycles. The first-order valence-electron chi connectivity index (χ1n) is 13.1. The van der Waals surface area contributed by atoms with E-state index in [1.165, 1.54) is 4.31 Å². The number of sulfonamides is 1. The SMILES string of the molecule is CCc1ccc(N(CC(C)C)S(=O)(=O)c2ccc3c(c2)C(O)CCN3Cc2ccc(C(=O)CO)cc2)cc1. The quantitative estimate of drug-likeness (QED) is 0.364. The van der Waals surface area contributed by atoms with Gasteiger partial charge in [0.1, 0.15) is 6.61 Å². The van der Waals surface area contributed by atoms with Crippen LogP contribution >= 0.6 is 0 Å². The van der Waals surface area contributed by atoms with Gasteiger partial charge in [-0.3, -0.25) is 9.10 Å². The first-order valence-corrected chi connectivity index (χ1v) is 14.5. The Morgan fingerprint density at radius 2 is 1.68 bits per heavy atom. The molecule has 1 atom stereocenters. The van der Waals surface area contributed by atoms with E-state index >= 15 is 0 Å². The van der Waals surface area contributed by atoms with Crippen LogP contribution in [0.5, 0.6) is 0 Å². The molecule has 0 amide bonds. The second-order valence-electron chi connectivity index (χ2n) is 10.2. The standard InChI is InChI=1S/C30H36N2O5S/c1-4-22-7-11-25(12-8-22)32(18-21(2)3)38(36,37)26-13-14-28-27(17-26)29(34)15-16-31(28)19-23-5-9-24(10-6-23)30(35)20-33/h5-14,17,21,29,33-34H,4,15-16,18-20H2,1-3H3. The van der Waals surface area contributed by atoms with Gasteiger partial charge in [0, 0.05) is 36.4 Å². The van der Waals surface area contributed by atoms with Gasteiger partial charge in [-0.15, -0.1) is 0 Å². The van der Waals surface area contributed by atoms with Crippen molar-refractivity contribution in [3.63, 3.8) is 0 Å². The van der Waals surface area contributed by atoms with Gasteiger partial charge < -0.3 is 15.1 Å². The van der Waals surface area contributed by atoms with Crippen molar-refractivity contribution in [2.75, 3.05) is 28.9 Å². The Hall–Kier alpha value is -3.20. The van der Waals surface area contributed by atoms with Gasteiger partial charge in [0.05, 0.1) is 16.7 Å². The average Bonchev–Trinajstić information content (AvgIpc) is 2.93. The molecule has 0 bridgehead atoms. The highest BCUT2D eigenvalue weighted by atomic mass is 32.2. The Morgan fingerprint density at radius 1 is 1.03 bits per heavy atom. The number of carbonyl (C=O) groups is 1. The number of aryl methyl sites for hydroxylation is 1. The number of hydrogen-bond donors (Lipinski definition) is 2. The van der Waals surface area contributed by atoms with Crippen LogP contribution in [0.25, 0.3) is 0 Å². The zero-order valence-electron chi connectivity index (χ0n) is 22.2. The van der Waals surface area contributed by atoms with Gasteiger partial charge in [0.2, 0.25) is 0 Å². The fourth-order valence-electron chi connectivity index (χ4n) is 4.77. The molecule has 1 heterocycles. The van der Waals surface area contributed by atoms with E-state index in [0.29, 0.717) is 42.9 Å². The molecule has 0 spiro atoms. The third-order valence-electron chi connectivity index (χ3n) is 6.92. The fourth-order valence-corrected chi connectivity index (χ4v) is 6.44. The van der Waals surface area contributed by atoms with E-state index in [1.54, 1.807) is 30.3 Å². The van der Waals surface area contributed by atoms with Crippen molar-refractivity contribution in [1.29, 1.82) is 0 Å². The Balaban J connectivity index is 1.64. The summed E-state index contributed by atoms with van der Waals surface area (Å²) in [6, 6.07) is 19.7. The molecule has 4 rings (SSSR count). The zero-order chi connectivity index (χ0) is 27.4. The summed E-state index contributed by atoms with van der Waals surface area (Å²) < 4.78 is 29.2. The minimum Gasteiger partial charge on any atom is -0.388 e. The smallest absolute Gasteiger partial charge is 0.264 e. The van der Waals surface area contributed by atoms with Crippen molar-refractivity contribution < 1.29 is 23.4 Å². The molecule has 0 aliphatic carbocycles. The van der Waals surface area contributed by atoms with E-state index in [4.69, 9.17) is 5.11 Å². The zero-order valence-corrected chi connectivity index (χ0v) is 23.0. The van der Waals surface area contributed by atoms with Crippen LogP contribution in [0.4, 0.5) is 11.4 Å². The van der Waals surface area contributed by atoms with Crippen LogP contribution in [-0.2, 0) is 23.0 Å². The summed E-state index contributed by atoms with van der Waals surface area (Å²) in [6.07, 6.45) is 0.593. The first-order chi connectivity index (χ1) is 18.1. The number of anilines is 2. The molecule has 7 nitrogen and oxygen atoms in total. The van der Waals surface area contributed by atoms with Gasteiger partial charge in [0.15, 0.2) is 5.78 Å². The molecular formula is C30H36N2O5S. The molecule has 3 aromatic carbocycles. The third-order valence-corrected chi connectivity index (χ3v) is 8.71. The minimum absolute atomic E-state index is 0.119. The molecule has 0 saturated heterocycles. The van der Waals surface area contributed by atoms with E-state index in [2.05, 4.69) is 11.8 Å². The van der Waals surface area contributed by atoms with Crippen LogP contribution in [-0.4, -0.2) is 44.1 Å². The number of ketones is 1. The highest BCUT2D eigenvalue weighted by molar-refractivity contribution is 7.92. The molecule has 3 aromatic rings. The molecular weight excluding hydrogens is 500 g/mol. The Labute approximate surface area is 225 Å². The molecule has 0 saturated carbocycles. The van der Waals surface area contributed by atoms with Crippen molar-refractivity contribution >= 4 is 27.2 Å². The summed E-state index contributed by atoms with van der Waals surface area (Å²) in [6.45, 7) is 7.01. The van der Waals surface area contributed by atoms with Gasteiger partial charge in [-0.25, -0.2) is 8.42 Å². The summed E-state index contributed by atoms with van der Waals surface area (Å²) in [5.41, 5.74) is 4.57. The van der Waals surface area contributed by atoms with Crippen LogP contribution < -0.4 is 9.21 Å². The van der Waals surface area contributed by atoms with Crippen LogP contribution in [0.2, 0.25) is 0 Å². The molecule has 1 aliphatic rings.